The number of nitrogens with zero attached hydrogens (tertiary/aromatic N) is 2. The highest BCUT2D eigenvalue weighted by Gasteiger charge is 2.47. The number of hydrogen-bond acceptors (Lipinski definition) is 4. The minimum absolute atomic E-state index is 0.144. The van der Waals surface area contributed by atoms with E-state index in [1.54, 1.807) is 42.2 Å². The number of halogens is 1. The number of rotatable bonds is 3. The number of hydrogen-bond donors (Lipinski definition) is 1. The molecule has 4 rings (SSSR count). The van der Waals surface area contributed by atoms with Crippen LogP contribution in [0.1, 0.15) is 22.5 Å². The average Bonchev–Trinajstić information content (AvgIpc) is 3.33. The molecule has 2 aromatic rings. The molecule has 0 bridgehead atoms. The van der Waals surface area contributed by atoms with E-state index < -0.39 is 6.04 Å². The molecule has 7 nitrogen and oxygen atoms in total. The van der Waals surface area contributed by atoms with Crippen LogP contribution in [0.15, 0.2) is 41.0 Å². The van der Waals surface area contributed by atoms with Gasteiger partial charge in [0.2, 0.25) is 5.91 Å². The molecule has 2 aliphatic heterocycles. The van der Waals surface area contributed by atoms with Crippen molar-refractivity contribution in [2.45, 2.75) is 19.4 Å². The standard InChI is InChI=1S/C20H20ClN3O4/c1-13-14(21)4-2-5-15(13)24-18(25)12-16(19(24)26)22-7-9-23(10-8-22)20(27)17-6-3-11-28-17/h2-6,11,16H,7-10,12H2,1H3/p+1/t16-/m0/s1. The monoisotopic (exact) mass is 402 g/mol. The molecule has 1 aromatic carbocycles. The van der Waals surface area contributed by atoms with Gasteiger partial charge >= 0.3 is 0 Å². The number of benzene rings is 1. The molecule has 2 aliphatic rings. The van der Waals surface area contributed by atoms with E-state index in [2.05, 4.69) is 0 Å². The van der Waals surface area contributed by atoms with Gasteiger partial charge < -0.3 is 14.2 Å². The van der Waals surface area contributed by atoms with Gasteiger partial charge in [-0.2, -0.15) is 0 Å². The van der Waals surface area contributed by atoms with Crippen molar-refractivity contribution in [1.29, 1.82) is 0 Å². The van der Waals surface area contributed by atoms with Gasteiger partial charge in [-0.05, 0) is 36.8 Å². The molecule has 28 heavy (non-hydrogen) atoms. The van der Waals surface area contributed by atoms with Crippen molar-refractivity contribution < 1.29 is 23.7 Å². The minimum atomic E-state index is -0.424. The first-order chi connectivity index (χ1) is 13.5. The van der Waals surface area contributed by atoms with Crippen molar-refractivity contribution in [3.63, 3.8) is 0 Å². The number of imide groups is 1. The molecule has 1 aromatic heterocycles. The fourth-order valence-electron chi connectivity index (χ4n) is 3.94. The SMILES string of the molecule is Cc1c(Cl)cccc1N1C(=O)C[C@H]([NH+]2CCN(C(=O)c3ccco3)CC2)C1=O. The molecule has 146 valence electrons. The molecular formula is C20H21ClN3O4+. The Bertz CT molecular complexity index is 920. The smallest absolute Gasteiger partial charge is 0.292 e. The second kappa shape index (κ2) is 7.41. The zero-order valence-electron chi connectivity index (χ0n) is 15.5. The Hall–Kier alpha value is -2.64. The number of anilines is 1. The second-order valence-electron chi connectivity index (χ2n) is 7.14. The maximum absolute atomic E-state index is 13.0. The van der Waals surface area contributed by atoms with Crippen LogP contribution in [0.5, 0.6) is 0 Å². The van der Waals surface area contributed by atoms with Crippen molar-refractivity contribution in [2.75, 3.05) is 31.1 Å². The molecule has 0 radical (unpaired) electrons. The Morgan fingerprint density at radius 1 is 1.18 bits per heavy atom. The number of amides is 3. The van der Waals surface area contributed by atoms with E-state index in [4.69, 9.17) is 16.0 Å². The lowest BCUT2D eigenvalue weighted by atomic mass is 10.1. The van der Waals surface area contributed by atoms with Gasteiger partial charge in [0, 0.05) is 5.02 Å². The summed E-state index contributed by atoms with van der Waals surface area (Å²) < 4.78 is 5.18. The first-order valence-electron chi connectivity index (χ1n) is 9.26. The van der Waals surface area contributed by atoms with Crippen LogP contribution in [0, 0.1) is 6.92 Å². The predicted octanol–water partition coefficient (Wildman–Crippen LogP) is 0.914. The molecule has 0 saturated carbocycles. The van der Waals surface area contributed by atoms with Crippen LogP contribution in [-0.4, -0.2) is 54.8 Å². The van der Waals surface area contributed by atoms with Crippen molar-refractivity contribution in [3.8, 4) is 0 Å². The van der Waals surface area contributed by atoms with Crippen LogP contribution in [0.25, 0.3) is 0 Å². The van der Waals surface area contributed by atoms with E-state index in [-0.39, 0.29) is 24.1 Å². The summed E-state index contributed by atoms with van der Waals surface area (Å²) in [5, 5.41) is 0.527. The lowest BCUT2D eigenvalue weighted by molar-refractivity contribution is -0.918. The van der Waals surface area contributed by atoms with E-state index >= 15 is 0 Å². The molecule has 2 saturated heterocycles. The molecule has 0 spiro atoms. The van der Waals surface area contributed by atoms with Crippen LogP contribution in [0.2, 0.25) is 5.02 Å². The zero-order valence-corrected chi connectivity index (χ0v) is 16.2. The third-order valence-corrected chi connectivity index (χ3v) is 5.95. The van der Waals surface area contributed by atoms with Gasteiger partial charge in [-0.3, -0.25) is 14.4 Å². The lowest BCUT2D eigenvalue weighted by Crippen LogP contribution is -3.19. The van der Waals surface area contributed by atoms with Crippen molar-refractivity contribution in [3.05, 3.63) is 52.9 Å². The fourth-order valence-corrected chi connectivity index (χ4v) is 4.11. The maximum Gasteiger partial charge on any atom is 0.292 e. The first kappa shape index (κ1) is 18.7. The Morgan fingerprint density at radius 2 is 1.93 bits per heavy atom. The average molecular weight is 403 g/mol. The maximum atomic E-state index is 13.0. The first-order valence-corrected chi connectivity index (χ1v) is 9.64. The van der Waals surface area contributed by atoms with Gasteiger partial charge in [-0.25, -0.2) is 4.90 Å². The molecule has 0 aliphatic carbocycles. The van der Waals surface area contributed by atoms with Gasteiger partial charge in [0.05, 0.1) is 44.6 Å². The summed E-state index contributed by atoms with van der Waals surface area (Å²) in [5.41, 5.74) is 1.27. The van der Waals surface area contributed by atoms with E-state index in [1.165, 1.54) is 11.2 Å². The third kappa shape index (κ3) is 3.21. The van der Waals surface area contributed by atoms with Crippen LogP contribution >= 0.6 is 11.6 Å². The normalized spacial score (nSPS) is 20.9. The van der Waals surface area contributed by atoms with Gasteiger partial charge in [-0.15, -0.1) is 0 Å². The summed E-state index contributed by atoms with van der Waals surface area (Å²) in [6.45, 7) is 4.06. The number of carbonyl (C=O) groups excluding carboxylic acids is 3. The number of nitrogens with one attached hydrogen (secondary N) is 1. The zero-order chi connectivity index (χ0) is 19.8. The molecule has 1 N–H and O–H groups in total. The number of carbonyl (C=O) groups is 3. The summed E-state index contributed by atoms with van der Waals surface area (Å²) in [4.78, 5) is 42.0. The number of furan rings is 1. The molecule has 3 amide bonds. The summed E-state index contributed by atoms with van der Waals surface area (Å²) >= 11 is 6.16. The Balaban J connectivity index is 1.45. The Labute approximate surface area is 167 Å². The quantitative estimate of drug-likeness (QED) is 0.774. The highest BCUT2D eigenvalue weighted by molar-refractivity contribution is 6.32. The number of piperazine rings is 1. The second-order valence-corrected chi connectivity index (χ2v) is 7.54. The summed E-state index contributed by atoms with van der Waals surface area (Å²) in [5.74, 6) is -0.231. The summed E-state index contributed by atoms with van der Waals surface area (Å²) in [6, 6.07) is 8.13. The summed E-state index contributed by atoms with van der Waals surface area (Å²) in [6.07, 6.45) is 1.65. The van der Waals surface area contributed by atoms with E-state index in [0.717, 1.165) is 10.5 Å². The third-order valence-electron chi connectivity index (χ3n) is 5.54. The van der Waals surface area contributed by atoms with Crippen molar-refractivity contribution >= 4 is 35.0 Å². The Kier molecular flexibility index (Phi) is 4.95. The highest BCUT2D eigenvalue weighted by Crippen LogP contribution is 2.30. The van der Waals surface area contributed by atoms with Crippen LogP contribution in [-0.2, 0) is 9.59 Å². The molecule has 3 heterocycles. The fraction of sp³-hybridized carbons (Fsp3) is 0.350. The summed E-state index contributed by atoms with van der Waals surface area (Å²) in [7, 11) is 0. The van der Waals surface area contributed by atoms with E-state index in [0.29, 0.717) is 42.6 Å². The highest BCUT2D eigenvalue weighted by atomic mass is 35.5. The van der Waals surface area contributed by atoms with Crippen molar-refractivity contribution in [1.82, 2.24) is 4.90 Å². The Morgan fingerprint density at radius 3 is 2.61 bits per heavy atom. The molecular weight excluding hydrogens is 382 g/mol. The van der Waals surface area contributed by atoms with Gasteiger partial charge in [0.15, 0.2) is 11.8 Å². The minimum Gasteiger partial charge on any atom is -0.459 e. The predicted molar refractivity (Wildman–Crippen MR) is 102 cm³/mol. The molecule has 8 heteroatoms. The van der Waals surface area contributed by atoms with E-state index in [9.17, 15) is 14.4 Å². The molecule has 1 atom stereocenters. The van der Waals surface area contributed by atoms with Gasteiger partial charge in [0.1, 0.15) is 0 Å². The molecule has 0 unspecified atom stereocenters. The molecule has 2 fully saturated rings. The van der Waals surface area contributed by atoms with Crippen LogP contribution < -0.4 is 9.80 Å². The van der Waals surface area contributed by atoms with Crippen LogP contribution in [0.3, 0.4) is 0 Å². The lowest BCUT2D eigenvalue weighted by Gasteiger charge is -2.34. The topological polar surface area (TPSA) is 75.3 Å². The van der Waals surface area contributed by atoms with E-state index in [1.807, 2.05) is 0 Å². The number of quaternary nitrogens is 1. The van der Waals surface area contributed by atoms with Gasteiger partial charge in [0.25, 0.3) is 11.8 Å². The largest absolute Gasteiger partial charge is 0.459 e. The van der Waals surface area contributed by atoms with Crippen molar-refractivity contribution in [2.24, 2.45) is 0 Å². The van der Waals surface area contributed by atoms with Gasteiger partial charge in [-0.1, -0.05) is 17.7 Å². The van der Waals surface area contributed by atoms with Crippen LogP contribution in [0.4, 0.5) is 5.69 Å².